The first-order valence-electron chi connectivity index (χ1n) is 28.9. The van der Waals surface area contributed by atoms with Crippen molar-refractivity contribution in [1.29, 1.82) is 0 Å². The third-order valence-electron chi connectivity index (χ3n) is 16.4. The summed E-state index contributed by atoms with van der Waals surface area (Å²) < 4.78 is 11.6. The number of fused-ring (bicyclic) bond motifs is 2. The molecule has 0 unspecified atom stereocenters. The van der Waals surface area contributed by atoms with Crippen LogP contribution in [0.3, 0.4) is 0 Å². The van der Waals surface area contributed by atoms with E-state index in [0.717, 1.165) is 172 Å². The van der Waals surface area contributed by atoms with E-state index in [9.17, 15) is 0 Å². The van der Waals surface area contributed by atoms with Crippen molar-refractivity contribution in [1.82, 2.24) is 39.5 Å². The van der Waals surface area contributed by atoms with Gasteiger partial charge in [0.05, 0.1) is 36.4 Å². The molecule has 6 saturated heterocycles. The Bertz CT molecular complexity index is 2380. The molecule has 0 amide bonds. The number of piperidine rings is 4. The minimum atomic E-state index is 0.415. The summed E-state index contributed by atoms with van der Waals surface area (Å²) in [7, 11) is 3.46. The number of nitrogens with one attached hydrogen (secondary N) is 2. The van der Waals surface area contributed by atoms with Crippen molar-refractivity contribution in [3.05, 3.63) is 35.4 Å². The smallest absolute Gasteiger partial charge is 0.227 e. The molecular formula is C60H88N12O2. The Kier molecular flexibility index (Phi) is 19.3. The molecule has 0 spiro atoms. The van der Waals surface area contributed by atoms with Gasteiger partial charge in [-0.15, -0.1) is 0 Å². The van der Waals surface area contributed by atoms with E-state index >= 15 is 0 Å². The standard InChI is InChI=1S/2C30H44N6O/c2*1-23(2)35-19-12-25(13-20-35)31-29-26-22-28(37-3)24(11-5-8-14-34-15-9-10-16-34)21-27(26)32-30(33-29)36-17-6-4-7-18-36/h2*21-23,25H,4,6-10,12-20H2,1-3H3,(H,31,32,33). The van der Waals surface area contributed by atoms with Crippen LogP contribution in [-0.4, -0.2) is 170 Å². The van der Waals surface area contributed by atoms with Gasteiger partial charge in [-0.2, -0.15) is 9.97 Å². The Hall–Kier alpha value is -5.12. The molecule has 0 aliphatic carbocycles. The molecule has 2 N–H and O–H groups in total. The zero-order valence-corrected chi connectivity index (χ0v) is 46.1. The summed E-state index contributed by atoms with van der Waals surface area (Å²) in [6, 6.07) is 10.4. The van der Waals surface area contributed by atoms with Gasteiger partial charge in [0.2, 0.25) is 11.9 Å². The molecule has 400 valence electrons. The quantitative estimate of drug-likeness (QED) is 0.117. The first-order valence-corrected chi connectivity index (χ1v) is 28.9. The molecule has 6 fully saturated rings. The minimum absolute atomic E-state index is 0.415. The van der Waals surface area contributed by atoms with E-state index in [-0.39, 0.29) is 0 Å². The highest BCUT2D eigenvalue weighted by molar-refractivity contribution is 5.94. The third-order valence-corrected chi connectivity index (χ3v) is 16.4. The number of aromatic nitrogens is 4. The van der Waals surface area contributed by atoms with Crippen LogP contribution in [0.15, 0.2) is 24.3 Å². The van der Waals surface area contributed by atoms with Gasteiger partial charge in [0.25, 0.3) is 0 Å². The molecule has 2 aromatic heterocycles. The van der Waals surface area contributed by atoms with Crippen LogP contribution in [0.1, 0.15) is 142 Å². The molecule has 6 aliphatic rings. The minimum Gasteiger partial charge on any atom is -0.495 e. The van der Waals surface area contributed by atoms with E-state index in [4.69, 9.17) is 29.4 Å². The molecule has 74 heavy (non-hydrogen) atoms. The molecule has 6 aliphatic heterocycles. The van der Waals surface area contributed by atoms with E-state index in [1.807, 2.05) is 0 Å². The van der Waals surface area contributed by atoms with E-state index < -0.39 is 0 Å². The van der Waals surface area contributed by atoms with Crippen LogP contribution in [0, 0.1) is 23.7 Å². The second kappa shape index (κ2) is 26.6. The Labute approximate surface area is 444 Å². The van der Waals surface area contributed by atoms with Crippen molar-refractivity contribution >= 4 is 45.3 Å². The Morgan fingerprint density at radius 1 is 0.486 bits per heavy atom. The summed E-state index contributed by atoms with van der Waals surface area (Å²) in [4.78, 5) is 35.1. The van der Waals surface area contributed by atoms with Gasteiger partial charge in [-0.05, 0) is 168 Å². The summed E-state index contributed by atoms with van der Waals surface area (Å²) in [5.41, 5.74) is 3.72. The van der Waals surface area contributed by atoms with Crippen molar-refractivity contribution < 1.29 is 9.47 Å². The van der Waals surface area contributed by atoms with Gasteiger partial charge in [0.15, 0.2) is 0 Å². The first-order chi connectivity index (χ1) is 36.2. The summed E-state index contributed by atoms with van der Waals surface area (Å²) in [6.07, 6.45) is 18.9. The molecule has 2 aromatic carbocycles. The zero-order valence-electron chi connectivity index (χ0n) is 46.1. The molecule has 8 heterocycles. The molecular weight excluding hydrogens is 921 g/mol. The fraction of sp³-hybridized carbons (Fsp3) is 0.667. The van der Waals surface area contributed by atoms with Crippen LogP contribution in [0.2, 0.25) is 0 Å². The lowest BCUT2D eigenvalue weighted by Gasteiger charge is -2.35. The number of likely N-dealkylation sites (tertiary alicyclic amines) is 4. The fourth-order valence-corrected chi connectivity index (χ4v) is 11.8. The van der Waals surface area contributed by atoms with Gasteiger partial charge in [-0.25, -0.2) is 9.97 Å². The molecule has 0 radical (unpaired) electrons. The monoisotopic (exact) mass is 1010 g/mol. The van der Waals surface area contributed by atoms with Gasteiger partial charge in [0, 0.05) is 113 Å². The van der Waals surface area contributed by atoms with Crippen LogP contribution in [0.5, 0.6) is 11.5 Å². The lowest BCUT2D eigenvalue weighted by Crippen LogP contribution is -2.42. The predicted octanol–water partition coefficient (Wildman–Crippen LogP) is 9.50. The highest BCUT2D eigenvalue weighted by Crippen LogP contribution is 2.34. The first kappa shape index (κ1) is 53.7. The van der Waals surface area contributed by atoms with E-state index in [0.29, 0.717) is 24.2 Å². The average Bonchev–Trinajstić information content (AvgIpc) is 4.17. The van der Waals surface area contributed by atoms with Gasteiger partial charge in [-0.3, -0.25) is 0 Å². The maximum atomic E-state index is 5.80. The van der Waals surface area contributed by atoms with Crippen molar-refractivity contribution in [2.45, 2.75) is 155 Å². The number of hydrogen-bond donors (Lipinski definition) is 2. The second-order valence-electron chi connectivity index (χ2n) is 22.3. The van der Waals surface area contributed by atoms with Crippen LogP contribution < -0.4 is 29.9 Å². The van der Waals surface area contributed by atoms with E-state index in [2.05, 4.69) is 116 Å². The summed E-state index contributed by atoms with van der Waals surface area (Å²) >= 11 is 0. The number of benzene rings is 2. The maximum absolute atomic E-state index is 5.80. The topological polar surface area (TPSA) is 114 Å². The summed E-state index contributed by atoms with van der Waals surface area (Å²) in [5, 5.41) is 9.67. The highest BCUT2D eigenvalue weighted by Gasteiger charge is 2.26. The van der Waals surface area contributed by atoms with Gasteiger partial charge >= 0.3 is 0 Å². The van der Waals surface area contributed by atoms with Crippen LogP contribution in [-0.2, 0) is 0 Å². The molecule has 0 atom stereocenters. The van der Waals surface area contributed by atoms with Crippen LogP contribution in [0.25, 0.3) is 21.8 Å². The van der Waals surface area contributed by atoms with Crippen molar-refractivity contribution in [2.75, 3.05) is 126 Å². The largest absolute Gasteiger partial charge is 0.495 e. The highest BCUT2D eigenvalue weighted by atomic mass is 16.5. The Morgan fingerprint density at radius 2 is 0.851 bits per heavy atom. The van der Waals surface area contributed by atoms with Crippen LogP contribution >= 0.6 is 0 Å². The molecule has 14 heteroatoms. The van der Waals surface area contributed by atoms with E-state index in [1.54, 1.807) is 14.2 Å². The van der Waals surface area contributed by atoms with Crippen molar-refractivity contribution in [2.24, 2.45) is 0 Å². The number of ether oxygens (including phenoxy) is 2. The predicted molar refractivity (Wildman–Crippen MR) is 305 cm³/mol. The fourth-order valence-electron chi connectivity index (χ4n) is 11.8. The van der Waals surface area contributed by atoms with Gasteiger partial charge in [-0.1, -0.05) is 23.7 Å². The molecule has 4 aromatic rings. The van der Waals surface area contributed by atoms with Gasteiger partial charge < -0.3 is 49.5 Å². The SMILES string of the molecule is COc1cc2c(NC3CCN(C(C)C)CC3)nc(N3CCCCC3)nc2cc1C#CCCN1CCCC1.COc1cc2c(NC3CCN(C(C)C)CC3)nc(N3CCCCC3)nc2cc1C#CCCN1CCCC1. The van der Waals surface area contributed by atoms with Gasteiger partial charge in [0.1, 0.15) is 23.1 Å². The molecule has 0 bridgehead atoms. The second-order valence-corrected chi connectivity index (χ2v) is 22.3. The number of rotatable bonds is 14. The third kappa shape index (κ3) is 14.2. The Balaban J connectivity index is 0.000000182. The number of methoxy groups -OCH3 is 2. The maximum Gasteiger partial charge on any atom is 0.227 e. The van der Waals surface area contributed by atoms with Crippen molar-refractivity contribution in [3.8, 4) is 35.2 Å². The number of anilines is 4. The lowest BCUT2D eigenvalue weighted by atomic mass is 10.0. The van der Waals surface area contributed by atoms with Crippen LogP contribution in [0.4, 0.5) is 23.5 Å². The van der Waals surface area contributed by atoms with E-state index in [1.165, 1.54) is 90.4 Å². The molecule has 14 nitrogen and oxygen atoms in total. The number of hydrogen-bond acceptors (Lipinski definition) is 14. The average molecular weight is 1010 g/mol. The zero-order chi connectivity index (χ0) is 51.2. The Morgan fingerprint density at radius 3 is 1.20 bits per heavy atom. The normalized spacial score (nSPS) is 19.8. The lowest BCUT2D eigenvalue weighted by molar-refractivity contribution is 0.177. The molecule has 10 rings (SSSR count). The summed E-state index contributed by atoms with van der Waals surface area (Å²) in [5.74, 6) is 18.7. The number of nitrogens with zero attached hydrogens (tertiary/aromatic N) is 10. The summed E-state index contributed by atoms with van der Waals surface area (Å²) in [6.45, 7) is 24.7. The molecule has 0 saturated carbocycles. The van der Waals surface area contributed by atoms with Crippen molar-refractivity contribution in [3.63, 3.8) is 0 Å².